The summed E-state index contributed by atoms with van der Waals surface area (Å²) in [6, 6.07) is 6.40. The van der Waals surface area contributed by atoms with Gasteiger partial charge in [0.2, 0.25) is 0 Å². The second kappa shape index (κ2) is 6.55. The monoisotopic (exact) mass is 346 g/mol. The Bertz CT molecular complexity index is 443. The molecule has 0 amide bonds. The summed E-state index contributed by atoms with van der Waals surface area (Å²) in [4.78, 5) is 2.39. The molecule has 1 aliphatic rings. The number of hydrogen-bond donors (Lipinski definition) is 1. The molecule has 0 spiro atoms. The molecule has 1 heterocycles. The van der Waals surface area contributed by atoms with E-state index in [1.807, 2.05) is 12.1 Å². The molecule has 0 radical (unpaired) electrons. The second-order valence-electron chi connectivity index (χ2n) is 5.11. The fourth-order valence-corrected chi connectivity index (χ4v) is 3.20. The molecular formula is C14H20BrClN2O. The molecule has 1 saturated heterocycles. The van der Waals surface area contributed by atoms with Gasteiger partial charge >= 0.3 is 0 Å². The number of ether oxygens (including phenoxy) is 1. The molecule has 2 rings (SSSR count). The van der Waals surface area contributed by atoms with Crippen LogP contribution in [0, 0.1) is 0 Å². The molecule has 2 N–H and O–H groups in total. The van der Waals surface area contributed by atoms with Crippen LogP contribution in [0.15, 0.2) is 22.7 Å². The van der Waals surface area contributed by atoms with Crippen LogP contribution in [0.2, 0.25) is 5.02 Å². The molecule has 1 aliphatic heterocycles. The minimum atomic E-state index is 0.131. The molecule has 3 unspecified atom stereocenters. The zero-order valence-electron chi connectivity index (χ0n) is 11.3. The lowest BCUT2D eigenvalue weighted by Gasteiger charge is -2.42. The summed E-state index contributed by atoms with van der Waals surface area (Å²) >= 11 is 9.84. The predicted molar refractivity (Wildman–Crippen MR) is 82.5 cm³/mol. The van der Waals surface area contributed by atoms with Gasteiger partial charge in [0.15, 0.2) is 0 Å². The van der Waals surface area contributed by atoms with E-state index >= 15 is 0 Å². The van der Waals surface area contributed by atoms with Crippen LogP contribution in [0.25, 0.3) is 0 Å². The third kappa shape index (κ3) is 3.50. The van der Waals surface area contributed by atoms with Crippen molar-refractivity contribution < 1.29 is 4.74 Å². The smallest absolute Gasteiger partial charge is 0.0675 e. The zero-order valence-corrected chi connectivity index (χ0v) is 13.6. The summed E-state index contributed by atoms with van der Waals surface area (Å²) in [6.45, 7) is 6.43. The summed E-state index contributed by atoms with van der Waals surface area (Å²) in [6.07, 6.45) is 0.233. The Kier molecular flexibility index (Phi) is 5.26. The van der Waals surface area contributed by atoms with E-state index in [2.05, 4.69) is 40.7 Å². The van der Waals surface area contributed by atoms with E-state index in [9.17, 15) is 0 Å². The number of nitrogens with two attached hydrogens (primary N) is 1. The number of benzene rings is 1. The Morgan fingerprint density at radius 3 is 2.95 bits per heavy atom. The fraction of sp³-hybridized carbons (Fsp3) is 0.571. The summed E-state index contributed by atoms with van der Waals surface area (Å²) in [5.41, 5.74) is 7.09. The Morgan fingerprint density at radius 1 is 1.53 bits per heavy atom. The highest BCUT2D eigenvalue weighted by Gasteiger charge is 2.30. The fourth-order valence-electron chi connectivity index (χ4n) is 2.57. The molecule has 0 bridgehead atoms. The Labute approximate surface area is 128 Å². The van der Waals surface area contributed by atoms with Gasteiger partial charge in [0.05, 0.1) is 12.7 Å². The minimum absolute atomic E-state index is 0.131. The summed E-state index contributed by atoms with van der Waals surface area (Å²) in [5.74, 6) is 0. The van der Waals surface area contributed by atoms with Gasteiger partial charge in [-0.15, -0.1) is 0 Å². The topological polar surface area (TPSA) is 38.5 Å². The van der Waals surface area contributed by atoms with Gasteiger partial charge in [0, 0.05) is 34.7 Å². The Balaban J connectivity index is 2.30. The molecule has 1 aromatic carbocycles. The van der Waals surface area contributed by atoms with Crippen molar-refractivity contribution in [3.63, 3.8) is 0 Å². The number of halogens is 2. The van der Waals surface area contributed by atoms with E-state index in [1.165, 1.54) is 0 Å². The van der Waals surface area contributed by atoms with E-state index in [-0.39, 0.29) is 12.1 Å². The van der Waals surface area contributed by atoms with Crippen molar-refractivity contribution in [1.82, 2.24) is 4.90 Å². The molecule has 5 heteroatoms. The number of hydrogen-bond acceptors (Lipinski definition) is 3. The first-order valence-electron chi connectivity index (χ1n) is 6.55. The molecule has 0 aromatic heterocycles. The molecule has 19 heavy (non-hydrogen) atoms. The lowest BCUT2D eigenvalue weighted by molar-refractivity contribution is -0.0653. The van der Waals surface area contributed by atoms with Crippen molar-refractivity contribution in [2.45, 2.75) is 32.0 Å². The van der Waals surface area contributed by atoms with Crippen molar-refractivity contribution in [2.75, 3.05) is 19.7 Å². The van der Waals surface area contributed by atoms with Gasteiger partial charge in [-0.05, 0) is 37.6 Å². The zero-order chi connectivity index (χ0) is 14.0. The van der Waals surface area contributed by atoms with Crippen LogP contribution in [0.1, 0.15) is 25.5 Å². The second-order valence-corrected chi connectivity index (χ2v) is 6.43. The quantitative estimate of drug-likeness (QED) is 0.912. The largest absolute Gasteiger partial charge is 0.376 e. The van der Waals surface area contributed by atoms with Gasteiger partial charge in [0.25, 0.3) is 0 Å². The van der Waals surface area contributed by atoms with Crippen molar-refractivity contribution in [3.05, 3.63) is 33.3 Å². The maximum Gasteiger partial charge on any atom is 0.0675 e. The van der Waals surface area contributed by atoms with Crippen LogP contribution < -0.4 is 5.73 Å². The summed E-state index contributed by atoms with van der Waals surface area (Å²) < 4.78 is 6.71. The van der Waals surface area contributed by atoms with Crippen LogP contribution in [0.3, 0.4) is 0 Å². The Morgan fingerprint density at radius 2 is 2.26 bits per heavy atom. The SMILES string of the molecule is CC1CN(C(CN)c2cc(Br)ccc2Cl)C(C)CO1. The van der Waals surface area contributed by atoms with Gasteiger partial charge in [-0.3, -0.25) is 4.90 Å². The normalized spacial score (nSPS) is 26.4. The molecule has 3 nitrogen and oxygen atoms in total. The van der Waals surface area contributed by atoms with Crippen LogP contribution in [0.4, 0.5) is 0 Å². The number of rotatable bonds is 3. The van der Waals surface area contributed by atoms with E-state index in [4.69, 9.17) is 22.1 Å². The standard InChI is InChI=1S/C14H20BrClN2O/c1-9-8-19-10(2)7-18(9)14(6-17)12-5-11(15)3-4-13(12)16/h3-5,9-10,14H,6-8,17H2,1-2H3. The average Bonchev–Trinajstić information content (AvgIpc) is 2.38. The average molecular weight is 348 g/mol. The van der Waals surface area contributed by atoms with Crippen LogP contribution in [0.5, 0.6) is 0 Å². The van der Waals surface area contributed by atoms with E-state index in [1.54, 1.807) is 0 Å². The first kappa shape index (κ1) is 15.3. The third-order valence-corrected chi connectivity index (χ3v) is 4.43. The third-order valence-electron chi connectivity index (χ3n) is 3.60. The lowest BCUT2D eigenvalue weighted by atomic mass is 10.0. The van der Waals surface area contributed by atoms with Gasteiger partial charge in [-0.2, -0.15) is 0 Å². The first-order valence-corrected chi connectivity index (χ1v) is 7.72. The minimum Gasteiger partial charge on any atom is -0.376 e. The van der Waals surface area contributed by atoms with Gasteiger partial charge in [-0.25, -0.2) is 0 Å². The molecule has 0 aliphatic carbocycles. The lowest BCUT2D eigenvalue weighted by Crippen LogP contribution is -2.50. The predicted octanol–water partition coefficient (Wildman–Crippen LogP) is 3.21. The molecular weight excluding hydrogens is 328 g/mol. The highest BCUT2D eigenvalue weighted by molar-refractivity contribution is 9.10. The van der Waals surface area contributed by atoms with Crippen molar-refractivity contribution in [2.24, 2.45) is 5.73 Å². The van der Waals surface area contributed by atoms with Crippen molar-refractivity contribution in [3.8, 4) is 0 Å². The van der Waals surface area contributed by atoms with E-state index < -0.39 is 0 Å². The highest BCUT2D eigenvalue weighted by Crippen LogP contribution is 2.32. The van der Waals surface area contributed by atoms with Gasteiger partial charge in [-0.1, -0.05) is 27.5 Å². The van der Waals surface area contributed by atoms with Gasteiger partial charge < -0.3 is 10.5 Å². The molecule has 3 atom stereocenters. The highest BCUT2D eigenvalue weighted by atomic mass is 79.9. The molecule has 1 fully saturated rings. The van der Waals surface area contributed by atoms with Crippen molar-refractivity contribution in [1.29, 1.82) is 0 Å². The number of morpholine rings is 1. The first-order chi connectivity index (χ1) is 9.02. The van der Waals surface area contributed by atoms with E-state index in [0.717, 1.165) is 28.2 Å². The van der Waals surface area contributed by atoms with Crippen LogP contribution in [-0.4, -0.2) is 36.7 Å². The summed E-state index contributed by atoms with van der Waals surface area (Å²) in [7, 11) is 0. The summed E-state index contributed by atoms with van der Waals surface area (Å²) in [5, 5.41) is 0.769. The molecule has 0 saturated carbocycles. The molecule has 1 aromatic rings. The van der Waals surface area contributed by atoms with Crippen LogP contribution in [-0.2, 0) is 4.74 Å². The molecule has 106 valence electrons. The van der Waals surface area contributed by atoms with Crippen molar-refractivity contribution >= 4 is 27.5 Å². The maximum atomic E-state index is 6.34. The van der Waals surface area contributed by atoms with E-state index in [0.29, 0.717) is 12.6 Å². The number of nitrogens with zero attached hydrogens (tertiary/aromatic N) is 1. The Hall–Kier alpha value is -0.130. The van der Waals surface area contributed by atoms with Gasteiger partial charge in [0.1, 0.15) is 0 Å². The van der Waals surface area contributed by atoms with Crippen LogP contribution >= 0.6 is 27.5 Å². The maximum absolute atomic E-state index is 6.34.